The number of rotatable bonds is 4. The Morgan fingerprint density at radius 2 is 2.33 bits per heavy atom. The summed E-state index contributed by atoms with van der Waals surface area (Å²) < 4.78 is 6.35. The van der Waals surface area contributed by atoms with Gasteiger partial charge in [0, 0.05) is 15.9 Å². The first kappa shape index (κ1) is 11.5. The summed E-state index contributed by atoms with van der Waals surface area (Å²) in [6.07, 6.45) is 0. The molecule has 1 saturated heterocycles. The van der Waals surface area contributed by atoms with Crippen molar-refractivity contribution in [1.29, 1.82) is 0 Å². The van der Waals surface area contributed by atoms with Crippen molar-refractivity contribution in [3.8, 4) is 0 Å². The molecule has 1 fully saturated rings. The van der Waals surface area contributed by atoms with Crippen LogP contribution in [0.25, 0.3) is 0 Å². The summed E-state index contributed by atoms with van der Waals surface area (Å²) in [5, 5.41) is 3.78. The van der Waals surface area contributed by atoms with Crippen LogP contribution in [0.1, 0.15) is 5.56 Å². The molecular formula is C11H14BrNOS. The van der Waals surface area contributed by atoms with Crippen LogP contribution in [0.4, 0.5) is 0 Å². The Labute approximate surface area is 103 Å². The minimum atomic E-state index is 0.636. The van der Waals surface area contributed by atoms with Crippen LogP contribution in [0.5, 0.6) is 0 Å². The third-order valence-electron chi connectivity index (χ3n) is 2.28. The topological polar surface area (TPSA) is 21.3 Å². The second-order valence-electron chi connectivity index (χ2n) is 3.57. The monoisotopic (exact) mass is 287 g/mol. The molecule has 1 aromatic rings. The molecule has 0 aliphatic carbocycles. The molecule has 0 spiro atoms. The standard InChI is InChI=1S/C11H14BrNOS/c1-13-5-8-2-3-11(10(12)4-8)15-9-6-14-7-9/h2-4,9,13H,5-7H2,1H3. The van der Waals surface area contributed by atoms with E-state index in [-0.39, 0.29) is 0 Å². The molecule has 0 aromatic heterocycles. The van der Waals surface area contributed by atoms with E-state index in [1.165, 1.54) is 14.9 Å². The molecule has 2 nitrogen and oxygen atoms in total. The number of hydrogen-bond acceptors (Lipinski definition) is 3. The minimum Gasteiger partial charge on any atom is -0.379 e. The van der Waals surface area contributed by atoms with Crippen molar-refractivity contribution in [2.24, 2.45) is 0 Å². The summed E-state index contributed by atoms with van der Waals surface area (Å²) >= 11 is 5.50. The van der Waals surface area contributed by atoms with Crippen LogP contribution in [-0.2, 0) is 11.3 Å². The molecule has 15 heavy (non-hydrogen) atoms. The van der Waals surface area contributed by atoms with Gasteiger partial charge in [-0.25, -0.2) is 0 Å². The summed E-state index contributed by atoms with van der Waals surface area (Å²) in [7, 11) is 1.96. The van der Waals surface area contributed by atoms with E-state index in [1.807, 2.05) is 18.8 Å². The van der Waals surface area contributed by atoms with Gasteiger partial charge in [0.2, 0.25) is 0 Å². The fourth-order valence-electron chi connectivity index (χ4n) is 1.42. The number of hydrogen-bond donors (Lipinski definition) is 1. The van der Waals surface area contributed by atoms with Crippen molar-refractivity contribution >= 4 is 27.7 Å². The molecule has 4 heteroatoms. The lowest BCUT2D eigenvalue weighted by Gasteiger charge is -2.25. The van der Waals surface area contributed by atoms with Gasteiger partial charge >= 0.3 is 0 Å². The number of halogens is 1. The van der Waals surface area contributed by atoms with Crippen LogP contribution in [0.3, 0.4) is 0 Å². The van der Waals surface area contributed by atoms with Gasteiger partial charge in [0.05, 0.1) is 18.5 Å². The van der Waals surface area contributed by atoms with Gasteiger partial charge in [-0.2, -0.15) is 0 Å². The van der Waals surface area contributed by atoms with Gasteiger partial charge < -0.3 is 10.1 Å². The highest BCUT2D eigenvalue weighted by Gasteiger charge is 2.20. The lowest BCUT2D eigenvalue weighted by molar-refractivity contribution is 0.0455. The SMILES string of the molecule is CNCc1ccc(SC2COC2)c(Br)c1. The van der Waals surface area contributed by atoms with Gasteiger partial charge in [-0.1, -0.05) is 6.07 Å². The van der Waals surface area contributed by atoms with Crippen LogP contribution in [0, 0.1) is 0 Å². The van der Waals surface area contributed by atoms with Gasteiger partial charge in [-0.05, 0) is 40.7 Å². The van der Waals surface area contributed by atoms with E-state index >= 15 is 0 Å². The zero-order chi connectivity index (χ0) is 10.7. The van der Waals surface area contributed by atoms with Crippen molar-refractivity contribution in [2.75, 3.05) is 20.3 Å². The predicted molar refractivity (Wildman–Crippen MR) is 67.4 cm³/mol. The van der Waals surface area contributed by atoms with Gasteiger partial charge in [-0.3, -0.25) is 0 Å². The number of nitrogens with one attached hydrogen (secondary N) is 1. The van der Waals surface area contributed by atoms with Crippen LogP contribution >= 0.6 is 27.7 Å². The van der Waals surface area contributed by atoms with E-state index in [1.54, 1.807) is 0 Å². The molecule has 1 aliphatic heterocycles. The predicted octanol–water partition coefficient (Wildman–Crippen LogP) is 2.66. The summed E-state index contributed by atoms with van der Waals surface area (Å²) in [5.41, 5.74) is 1.30. The van der Waals surface area contributed by atoms with E-state index < -0.39 is 0 Å². The molecule has 1 aliphatic rings. The lowest BCUT2D eigenvalue weighted by atomic mass is 10.2. The maximum absolute atomic E-state index is 5.16. The van der Waals surface area contributed by atoms with Gasteiger partial charge in [0.1, 0.15) is 0 Å². The zero-order valence-electron chi connectivity index (χ0n) is 8.63. The Bertz CT molecular complexity index is 341. The van der Waals surface area contributed by atoms with E-state index in [9.17, 15) is 0 Å². The number of thioether (sulfide) groups is 1. The van der Waals surface area contributed by atoms with Crippen LogP contribution < -0.4 is 5.32 Å². The quantitative estimate of drug-likeness (QED) is 0.920. The Kier molecular flexibility index (Phi) is 4.08. The number of ether oxygens (including phenoxy) is 1. The highest BCUT2D eigenvalue weighted by Crippen LogP contribution is 2.33. The Morgan fingerprint density at radius 1 is 1.53 bits per heavy atom. The zero-order valence-corrected chi connectivity index (χ0v) is 11.0. The second kappa shape index (κ2) is 5.34. The summed E-state index contributed by atoms with van der Waals surface area (Å²) in [6, 6.07) is 6.53. The molecule has 0 amide bonds. The van der Waals surface area contributed by atoms with Crippen LogP contribution in [0.15, 0.2) is 27.6 Å². The minimum absolute atomic E-state index is 0.636. The third-order valence-corrected chi connectivity index (χ3v) is 4.41. The van der Waals surface area contributed by atoms with Gasteiger partial charge in [0.25, 0.3) is 0 Å². The summed E-state index contributed by atoms with van der Waals surface area (Å²) in [6.45, 7) is 2.68. The average molecular weight is 288 g/mol. The fraction of sp³-hybridized carbons (Fsp3) is 0.455. The third kappa shape index (κ3) is 2.97. The van der Waals surface area contributed by atoms with E-state index in [0.717, 1.165) is 19.8 Å². The summed E-state index contributed by atoms with van der Waals surface area (Å²) in [4.78, 5) is 1.31. The highest BCUT2D eigenvalue weighted by atomic mass is 79.9. The van der Waals surface area contributed by atoms with Crippen LogP contribution in [-0.4, -0.2) is 25.5 Å². The fourth-order valence-corrected chi connectivity index (χ4v) is 3.13. The molecule has 1 N–H and O–H groups in total. The molecule has 0 unspecified atom stereocenters. The largest absolute Gasteiger partial charge is 0.379 e. The van der Waals surface area contributed by atoms with Crippen molar-refractivity contribution in [1.82, 2.24) is 5.32 Å². The van der Waals surface area contributed by atoms with E-state index in [0.29, 0.717) is 5.25 Å². The highest BCUT2D eigenvalue weighted by molar-refractivity contribution is 9.10. The molecule has 0 radical (unpaired) electrons. The molecule has 0 bridgehead atoms. The van der Waals surface area contributed by atoms with Gasteiger partial charge in [0.15, 0.2) is 0 Å². The van der Waals surface area contributed by atoms with Crippen molar-refractivity contribution in [3.05, 3.63) is 28.2 Å². The molecule has 0 atom stereocenters. The summed E-state index contributed by atoms with van der Waals surface area (Å²) in [5.74, 6) is 0. The first-order valence-electron chi connectivity index (χ1n) is 4.97. The van der Waals surface area contributed by atoms with Crippen molar-refractivity contribution in [3.63, 3.8) is 0 Å². The first-order chi connectivity index (χ1) is 7.29. The number of benzene rings is 1. The average Bonchev–Trinajstić information content (AvgIpc) is 2.14. The van der Waals surface area contributed by atoms with Gasteiger partial charge in [-0.15, -0.1) is 11.8 Å². The second-order valence-corrected chi connectivity index (χ2v) is 5.77. The van der Waals surface area contributed by atoms with E-state index in [4.69, 9.17) is 4.74 Å². The maximum atomic E-state index is 5.16. The van der Waals surface area contributed by atoms with Crippen LogP contribution in [0.2, 0.25) is 0 Å². The Morgan fingerprint density at radius 3 is 2.87 bits per heavy atom. The van der Waals surface area contributed by atoms with Crippen molar-refractivity contribution < 1.29 is 4.74 Å². The lowest BCUT2D eigenvalue weighted by Crippen LogP contribution is -2.30. The molecule has 1 heterocycles. The molecule has 1 aromatic carbocycles. The molecular weight excluding hydrogens is 274 g/mol. The van der Waals surface area contributed by atoms with Crippen molar-refractivity contribution in [2.45, 2.75) is 16.7 Å². The molecule has 82 valence electrons. The smallest absolute Gasteiger partial charge is 0.0611 e. The van der Waals surface area contributed by atoms with E-state index in [2.05, 4.69) is 39.4 Å². The molecule has 2 rings (SSSR count). The first-order valence-corrected chi connectivity index (χ1v) is 6.64. The normalized spacial score (nSPS) is 16.4. The Hall–Kier alpha value is -0.0300. The molecule has 0 saturated carbocycles. The Balaban J connectivity index is 2.04. The maximum Gasteiger partial charge on any atom is 0.0611 e.